The van der Waals surface area contributed by atoms with E-state index in [2.05, 4.69) is 20.3 Å². The fourth-order valence-electron chi connectivity index (χ4n) is 1.31. The number of anilines is 1. The fraction of sp³-hybridized carbons (Fsp3) is 0.182. The molecule has 0 saturated carbocycles. The number of methoxy groups -OCH3 is 1. The Morgan fingerprint density at radius 2 is 2.12 bits per heavy atom. The molecule has 16 heavy (non-hydrogen) atoms. The van der Waals surface area contributed by atoms with Gasteiger partial charge in [-0.15, -0.1) is 0 Å². The van der Waals surface area contributed by atoms with Crippen LogP contribution >= 0.6 is 0 Å². The van der Waals surface area contributed by atoms with Crippen molar-refractivity contribution < 1.29 is 4.74 Å². The van der Waals surface area contributed by atoms with Gasteiger partial charge in [0.05, 0.1) is 12.8 Å². The fourth-order valence-corrected chi connectivity index (χ4v) is 1.31. The van der Waals surface area contributed by atoms with Gasteiger partial charge in [-0.2, -0.15) is 0 Å². The molecule has 1 N–H and O–H groups in total. The quantitative estimate of drug-likeness (QED) is 0.839. The molecule has 0 unspecified atom stereocenters. The van der Waals surface area contributed by atoms with Crippen LogP contribution in [0.2, 0.25) is 0 Å². The van der Waals surface area contributed by atoms with E-state index in [0.717, 1.165) is 11.3 Å². The molecule has 0 aliphatic carbocycles. The van der Waals surface area contributed by atoms with Crippen LogP contribution in [0.25, 0.3) is 0 Å². The molecule has 0 spiro atoms. The highest BCUT2D eigenvalue weighted by atomic mass is 16.5. The van der Waals surface area contributed by atoms with E-state index in [1.54, 1.807) is 25.7 Å². The smallest absolute Gasteiger partial charge is 0.237 e. The van der Waals surface area contributed by atoms with Gasteiger partial charge in [-0.25, -0.2) is 15.0 Å². The molecule has 0 bridgehead atoms. The van der Waals surface area contributed by atoms with Crippen LogP contribution in [0.15, 0.2) is 37.1 Å². The Kier molecular flexibility index (Phi) is 3.28. The molecule has 0 fully saturated rings. The van der Waals surface area contributed by atoms with E-state index in [9.17, 15) is 0 Å². The van der Waals surface area contributed by atoms with Gasteiger partial charge in [-0.3, -0.25) is 0 Å². The SMILES string of the molecule is COc1ncccc1NCc1cncnc1. The Morgan fingerprint density at radius 3 is 2.88 bits per heavy atom. The van der Waals surface area contributed by atoms with Crippen molar-refractivity contribution >= 4 is 5.69 Å². The number of ether oxygens (including phenoxy) is 1. The summed E-state index contributed by atoms with van der Waals surface area (Å²) < 4.78 is 5.13. The molecular weight excluding hydrogens is 204 g/mol. The summed E-state index contributed by atoms with van der Waals surface area (Å²) in [5.41, 5.74) is 1.86. The van der Waals surface area contributed by atoms with E-state index < -0.39 is 0 Å². The van der Waals surface area contributed by atoms with Crippen LogP contribution in [-0.2, 0) is 6.54 Å². The third-order valence-electron chi connectivity index (χ3n) is 2.06. The van der Waals surface area contributed by atoms with E-state index in [1.807, 2.05) is 12.1 Å². The molecule has 5 heteroatoms. The van der Waals surface area contributed by atoms with E-state index >= 15 is 0 Å². The third-order valence-corrected chi connectivity index (χ3v) is 2.06. The number of pyridine rings is 1. The Morgan fingerprint density at radius 1 is 1.31 bits per heavy atom. The number of nitrogens with one attached hydrogen (secondary N) is 1. The van der Waals surface area contributed by atoms with Crippen molar-refractivity contribution in [3.63, 3.8) is 0 Å². The zero-order valence-electron chi connectivity index (χ0n) is 8.92. The Labute approximate surface area is 93.5 Å². The summed E-state index contributed by atoms with van der Waals surface area (Å²) in [4.78, 5) is 12.0. The predicted molar refractivity (Wildman–Crippen MR) is 60.1 cm³/mol. The van der Waals surface area contributed by atoms with Gasteiger partial charge in [-0.1, -0.05) is 0 Å². The minimum absolute atomic E-state index is 0.583. The first kappa shape index (κ1) is 10.4. The number of aromatic nitrogens is 3. The average molecular weight is 216 g/mol. The molecule has 2 aromatic heterocycles. The molecule has 0 amide bonds. The minimum atomic E-state index is 0.583. The van der Waals surface area contributed by atoms with Gasteiger partial charge in [0, 0.05) is 30.7 Å². The van der Waals surface area contributed by atoms with Crippen molar-refractivity contribution in [3.05, 3.63) is 42.6 Å². The van der Waals surface area contributed by atoms with Gasteiger partial charge in [0.1, 0.15) is 6.33 Å². The van der Waals surface area contributed by atoms with E-state index in [-0.39, 0.29) is 0 Å². The van der Waals surface area contributed by atoms with Crippen LogP contribution in [0.4, 0.5) is 5.69 Å². The molecule has 0 aromatic carbocycles. The zero-order chi connectivity index (χ0) is 11.2. The molecule has 0 atom stereocenters. The van der Waals surface area contributed by atoms with Crippen molar-refractivity contribution in [1.29, 1.82) is 0 Å². The van der Waals surface area contributed by atoms with Gasteiger partial charge in [0.25, 0.3) is 0 Å². The third kappa shape index (κ3) is 2.44. The van der Waals surface area contributed by atoms with E-state index in [1.165, 1.54) is 6.33 Å². The van der Waals surface area contributed by atoms with Gasteiger partial charge in [-0.05, 0) is 12.1 Å². The standard InChI is InChI=1S/C11H12N4O/c1-16-11-10(3-2-4-14-11)15-7-9-5-12-8-13-6-9/h2-6,8,15H,7H2,1H3. The van der Waals surface area contributed by atoms with Crippen molar-refractivity contribution in [1.82, 2.24) is 15.0 Å². The average Bonchev–Trinajstić information content (AvgIpc) is 2.38. The lowest BCUT2D eigenvalue weighted by Gasteiger charge is -2.08. The van der Waals surface area contributed by atoms with Crippen LogP contribution in [0.1, 0.15) is 5.56 Å². The highest BCUT2D eigenvalue weighted by Gasteiger charge is 2.02. The lowest BCUT2D eigenvalue weighted by Crippen LogP contribution is -2.02. The van der Waals surface area contributed by atoms with Crippen molar-refractivity contribution in [2.45, 2.75) is 6.54 Å². The lowest BCUT2D eigenvalue weighted by molar-refractivity contribution is 0.399. The number of rotatable bonds is 4. The monoisotopic (exact) mass is 216 g/mol. The van der Waals surface area contributed by atoms with Crippen molar-refractivity contribution in [2.24, 2.45) is 0 Å². The highest BCUT2D eigenvalue weighted by Crippen LogP contribution is 2.20. The summed E-state index contributed by atoms with van der Waals surface area (Å²) in [5.74, 6) is 0.583. The summed E-state index contributed by atoms with van der Waals surface area (Å²) in [6.45, 7) is 0.642. The topological polar surface area (TPSA) is 59.9 Å². The minimum Gasteiger partial charge on any atom is -0.480 e. The first-order chi connectivity index (χ1) is 7.90. The van der Waals surface area contributed by atoms with Crippen LogP contribution in [0.3, 0.4) is 0 Å². The number of hydrogen-bond donors (Lipinski definition) is 1. The Balaban J connectivity index is 2.05. The van der Waals surface area contributed by atoms with Gasteiger partial charge >= 0.3 is 0 Å². The van der Waals surface area contributed by atoms with Crippen LogP contribution in [0, 0.1) is 0 Å². The zero-order valence-corrected chi connectivity index (χ0v) is 8.92. The molecule has 0 radical (unpaired) electrons. The highest BCUT2D eigenvalue weighted by molar-refractivity contribution is 5.52. The van der Waals surface area contributed by atoms with Crippen LogP contribution < -0.4 is 10.1 Å². The molecule has 0 aliphatic rings. The molecular formula is C11H12N4O. The van der Waals surface area contributed by atoms with Crippen molar-refractivity contribution in [3.8, 4) is 5.88 Å². The number of nitrogens with zero attached hydrogens (tertiary/aromatic N) is 3. The van der Waals surface area contributed by atoms with Gasteiger partial charge in [0.2, 0.25) is 5.88 Å². The van der Waals surface area contributed by atoms with Crippen molar-refractivity contribution in [2.75, 3.05) is 12.4 Å². The van der Waals surface area contributed by atoms with Crippen LogP contribution in [0.5, 0.6) is 5.88 Å². The predicted octanol–water partition coefficient (Wildman–Crippen LogP) is 1.49. The second-order valence-corrected chi connectivity index (χ2v) is 3.16. The maximum atomic E-state index is 5.13. The normalized spacial score (nSPS) is 9.81. The molecule has 0 aliphatic heterocycles. The maximum absolute atomic E-state index is 5.13. The number of hydrogen-bond acceptors (Lipinski definition) is 5. The molecule has 2 heterocycles. The summed E-state index contributed by atoms with van der Waals surface area (Å²) in [6.07, 6.45) is 6.73. The largest absolute Gasteiger partial charge is 0.480 e. The first-order valence-electron chi connectivity index (χ1n) is 4.87. The summed E-state index contributed by atoms with van der Waals surface area (Å²) in [5, 5.41) is 3.21. The summed E-state index contributed by atoms with van der Waals surface area (Å²) in [6, 6.07) is 3.77. The van der Waals surface area contributed by atoms with Gasteiger partial charge < -0.3 is 10.1 Å². The van der Waals surface area contributed by atoms with Crippen LogP contribution in [-0.4, -0.2) is 22.1 Å². The van der Waals surface area contributed by atoms with E-state index in [0.29, 0.717) is 12.4 Å². The Bertz CT molecular complexity index is 447. The molecule has 2 rings (SSSR count). The van der Waals surface area contributed by atoms with E-state index in [4.69, 9.17) is 4.74 Å². The molecule has 5 nitrogen and oxygen atoms in total. The maximum Gasteiger partial charge on any atom is 0.237 e. The summed E-state index contributed by atoms with van der Waals surface area (Å²) >= 11 is 0. The second kappa shape index (κ2) is 5.06. The summed E-state index contributed by atoms with van der Waals surface area (Å²) in [7, 11) is 1.60. The Hall–Kier alpha value is -2.17. The second-order valence-electron chi connectivity index (χ2n) is 3.16. The molecule has 0 saturated heterocycles. The first-order valence-corrected chi connectivity index (χ1v) is 4.87. The van der Waals surface area contributed by atoms with Gasteiger partial charge in [0.15, 0.2) is 0 Å². The molecule has 82 valence electrons. The lowest BCUT2D eigenvalue weighted by atomic mass is 10.3. The molecule has 2 aromatic rings.